The molecular weight excluding hydrogens is 403 g/mol. The fraction of sp³-hybridized carbons (Fsp3) is 0.222. The highest BCUT2D eigenvalue weighted by molar-refractivity contribution is 6.33. The molecule has 6 nitrogen and oxygen atoms in total. The molecule has 1 N–H and O–H groups in total. The molecule has 2 aromatic rings. The molecule has 3 rings (SSSR count). The van der Waals surface area contributed by atoms with Crippen molar-refractivity contribution in [3.63, 3.8) is 0 Å². The lowest BCUT2D eigenvalue weighted by molar-refractivity contribution is -0.156. The lowest BCUT2D eigenvalue weighted by Crippen LogP contribution is -2.39. The SMILES string of the molecule is O=C(COC(=O)[C@H]1COc2ccccc2O1)Nc1cc(C(F)(F)F)ccc1Cl. The van der Waals surface area contributed by atoms with Crippen LogP contribution in [0.25, 0.3) is 0 Å². The first-order valence-corrected chi connectivity index (χ1v) is 8.33. The number of fused-ring (bicyclic) bond motifs is 1. The van der Waals surface area contributed by atoms with E-state index in [0.717, 1.165) is 12.1 Å². The molecule has 1 heterocycles. The summed E-state index contributed by atoms with van der Waals surface area (Å²) in [5.74, 6) is -0.870. The zero-order chi connectivity index (χ0) is 20.3. The van der Waals surface area contributed by atoms with Gasteiger partial charge in [-0.3, -0.25) is 4.79 Å². The van der Waals surface area contributed by atoms with E-state index in [0.29, 0.717) is 17.6 Å². The summed E-state index contributed by atoms with van der Waals surface area (Å²) in [6.07, 6.45) is -5.66. The van der Waals surface area contributed by atoms with E-state index < -0.39 is 36.3 Å². The van der Waals surface area contributed by atoms with Crippen molar-refractivity contribution in [2.75, 3.05) is 18.5 Å². The van der Waals surface area contributed by atoms with Gasteiger partial charge in [0.2, 0.25) is 6.10 Å². The van der Waals surface area contributed by atoms with E-state index in [1.165, 1.54) is 0 Å². The Morgan fingerprint density at radius 1 is 1.18 bits per heavy atom. The van der Waals surface area contributed by atoms with E-state index in [1.807, 2.05) is 0 Å². The molecule has 1 atom stereocenters. The standard InChI is InChI=1S/C18H13ClF3NO5/c19-11-6-5-10(18(20,21)22)7-12(11)23-16(24)9-27-17(25)15-8-26-13-3-1-2-4-14(13)28-15/h1-7,15H,8-9H2,(H,23,24)/t15-/m1/s1. The van der Waals surface area contributed by atoms with Gasteiger partial charge in [0.25, 0.3) is 5.91 Å². The lowest BCUT2D eigenvalue weighted by Gasteiger charge is -2.24. The normalized spacial score (nSPS) is 15.6. The highest BCUT2D eigenvalue weighted by atomic mass is 35.5. The number of alkyl halides is 3. The maximum Gasteiger partial charge on any atom is 0.416 e. The Bertz CT molecular complexity index is 903. The minimum Gasteiger partial charge on any atom is -0.485 e. The molecule has 0 aliphatic carbocycles. The molecule has 1 aliphatic rings. The maximum absolute atomic E-state index is 12.8. The summed E-state index contributed by atoms with van der Waals surface area (Å²) in [5, 5.41) is 2.09. The van der Waals surface area contributed by atoms with E-state index in [1.54, 1.807) is 24.3 Å². The molecule has 2 aromatic carbocycles. The molecule has 0 spiro atoms. The van der Waals surface area contributed by atoms with Crippen LogP contribution in [0.2, 0.25) is 5.02 Å². The topological polar surface area (TPSA) is 73.9 Å². The Kier molecular flexibility index (Phi) is 5.64. The van der Waals surface area contributed by atoms with E-state index in [-0.39, 0.29) is 17.3 Å². The molecule has 0 aromatic heterocycles. The first kappa shape index (κ1) is 19.8. The predicted octanol–water partition coefficient (Wildman–Crippen LogP) is 3.68. The van der Waals surface area contributed by atoms with Crippen LogP contribution in [-0.2, 0) is 20.5 Å². The largest absolute Gasteiger partial charge is 0.485 e. The number of anilines is 1. The number of benzene rings is 2. The minimum atomic E-state index is -4.59. The number of ether oxygens (including phenoxy) is 3. The first-order chi connectivity index (χ1) is 13.2. The van der Waals surface area contributed by atoms with Crippen molar-refractivity contribution in [2.45, 2.75) is 12.3 Å². The molecule has 0 bridgehead atoms. The van der Waals surface area contributed by atoms with Gasteiger partial charge in [-0.1, -0.05) is 23.7 Å². The van der Waals surface area contributed by atoms with Crippen molar-refractivity contribution in [3.05, 3.63) is 53.1 Å². The molecule has 1 aliphatic heterocycles. The van der Waals surface area contributed by atoms with Crippen molar-refractivity contribution in [2.24, 2.45) is 0 Å². The molecule has 0 unspecified atom stereocenters. The summed E-state index contributed by atoms with van der Waals surface area (Å²) in [5.41, 5.74) is -1.22. The molecule has 0 fully saturated rings. The number of hydrogen-bond acceptors (Lipinski definition) is 5. The highest BCUT2D eigenvalue weighted by Crippen LogP contribution is 2.34. The van der Waals surface area contributed by atoms with Crippen molar-refractivity contribution >= 4 is 29.2 Å². The van der Waals surface area contributed by atoms with Gasteiger partial charge in [-0.15, -0.1) is 0 Å². The van der Waals surface area contributed by atoms with E-state index in [9.17, 15) is 22.8 Å². The Hall–Kier alpha value is -2.94. The monoisotopic (exact) mass is 415 g/mol. The Balaban J connectivity index is 1.56. The summed E-state index contributed by atoms with van der Waals surface area (Å²) < 4.78 is 53.9. The zero-order valence-electron chi connectivity index (χ0n) is 14.1. The molecule has 10 heteroatoms. The second-order valence-electron chi connectivity index (χ2n) is 5.71. The van der Waals surface area contributed by atoms with Crippen LogP contribution in [0.3, 0.4) is 0 Å². The fourth-order valence-electron chi connectivity index (χ4n) is 2.35. The van der Waals surface area contributed by atoms with Crippen LogP contribution in [0.5, 0.6) is 11.5 Å². The van der Waals surface area contributed by atoms with Gasteiger partial charge < -0.3 is 19.5 Å². The van der Waals surface area contributed by atoms with Crippen LogP contribution >= 0.6 is 11.6 Å². The summed E-state index contributed by atoms with van der Waals surface area (Å²) in [7, 11) is 0. The lowest BCUT2D eigenvalue weighted by atomic mass is 10.2. The maximum atomic E-state index is 12.8. The van der Waals surface area contributed by atoms with Crippen LogP contribution < -0.4 is 14.8 Å². The molecule has 148 valence electrons. The highest BCUT2D eigenvalue weighted by Gasteiger charge is 2.31. The van der Waals surface area contributed by atoms with Crippen molar-refractivity contribution in [3.8, 4) is 11.5 Å². The third-order valence-corrected chi connectivity index (χ3v) is 4.01. The number of amides is 1. The Morgan fingerprint density at radius 3 is 2.61 bits per heavy atom. The first-order valence-electron chi connectivity index (χ1n) is 7.96. The van der Waals surface area contributed by atoms with Crippen molar-refractivity contribution in [1.82, 2.24) is 0 Å². The van der Waals surface area contributed by atoms with Crippen LogP contribution in [0, 0.1) is 0 Å². The van der Waals surface area contributed by atoms with Gasteiger partial charge in [0.15, 0.2) is 18.1 Å². The Morgan fingerprint density at radius 2 is 1.89 bits per heavy atom. The van der Waals surface area contributed by atoms with Crippen LogP contribution in [0.1, 0.15) is 5.56 Å². The van der Waals surface area contributed by atoms with Gasteiger partial charge >= 0.3 is 12.1 Å². The molecule has 0 saturated heterocycles. The van der Waals surface area contributed by atoms with Gasteiger partial charge in [-0.25, -0.2) is 4.79 Å². The molecule has 1 amide bonds. The summed E-state index contributed by atoms with van der Waals surface area (Å²) in [6, 6.07) is 9.20. The van der Waals surface area contributed by atoms with Gasteiger partial charge in [0.05, 0.1) is 16.3 Å². The van der Waals surface area contributed by atoms with Gasteiger partial charge in [0.1, 0.15) is 6.61 Å². The van der Waals surface area contributed by atoms with Crippen LogP contribution in [0.15, 0.2) is 42.5 Å². The summed E-state index contributed by atoms with van der Waals surface area (Å²) in [6.45, 7) is -0.830. The Labute approximate surface area is 162 Å². The van der Waals surface area contributed by atoms with E-state index in [4.69, 9.17) is 25.8 Å². The summed E-state index contributed by atoms with van der Waals surface area (Å²) in [4.78, 5) is 23.9. The van der Waals surface area contributed by atoms with Crippen molar-refractivity contribution in [1.29, 1.82) is 0 Å². The number of rotatable bonds is 4. The van der Waals surface area contributed by atoms with Crippen LogP contribution in [0.4, 0.5) is 18.9 Å². The molecule has 0 saturated carbocycles. The third kappa shape index (κ3) is 4.66. The fourth-order valence-corrected chi connectivity index (χ4v) is 2.51. The zero-order valence-corrected chi connectivity index (χ0v) is 14.8. The predicted molar refractivity (Wildman–Crippen MR) is 92.4 cm³/mol. The number of hydrogen-bond donors (Lipinski definition) is 1. The quantitative estimate of drug-likeness (QED) is 0.771. The number of para-hydroxylation sites is 2. The van der Waals surface area contributed by atoms with Gasteiger partial charge in [-0.05, 0) is 30.3 Å². The summed E-state index contributed by atoms with van der Waals surface area (Å²) >= 11 is 5.80. The second-order valence-corrected chi connectivity index (χ2v) is 6.12. The number of esters is 1. The number of carbonyl (C=O) groups excluding carboxylic acids is 2. The van der Waals surface area contributed by atoms with Crippen molar-refractivity contribution < 1.29 is 37.0 Å². The van der Waals surface area contributed by atoms with Gasteiger partial charge in [-0.2, -0.15) is 13.2 Å². The number of nitrogens with one attached hydrogen (secondary N) is 1. The molecule has 28 heavy (non-hydrogen) atoms. The van der Waals surface area contributed by atoms with E-state index in [2.05, 4.69) is 5.32 Å². The average molecular weight is 416 g/mol. The second kappa shape index (κ2) is 7.97. The third-order valence-electron chi connectivity index (χ3n) is 3.68. The average Bonchev–Trinajstić information content (AvgIpc) is 2.66. The minimum absolute atomic E-state index is 0.0895. The molecular formula is C18H13ClF3NO5. The number of carbonyl (C=O) groups is 2. The molecule has 0 radical (unpaired) electrons. The number of halogens is 4. The van der Waals surface area contributed by atoms with Gasteiger partial charge in [0, 0.05) is 0 Å². The smallest absolute Gasteiger partial charge is 0.416 e. The van der Waals surface area contributed by atoms with Crippen LogP contribution in [-0.4, -0.2) is 31.2 Å². The van der Waals surface area contributed by atoms with E-state index >= 15 is 0 Å².